The van der Waals surface area contributed by atoms with E-state index in [1.54, 1.807) is 30.3 Å². The molecule has 0 aliphatic heterocycles. The lowest BCUT2D eigenvalue weighted by atomic mass is 10.2. The Morgan fingerprint density at radius 2 is 2.11 bits per heavy atom. The quantitative estimate of drug-likeness (QED) is 0.578. The zero-order valence-corrected chi connectivity index (χ0v) is 14.0. The molecule has 0 bridgehead atoms. The summed E-state index contributed by atoms with van der Waals surface area (Å²) in [5, 5.41) is 10.8. The zero-order valence-electron chi connectivity index (χ0n) is 14.0. The third-order valence-corrected chi connectivity index (χ3v) is 3.94. The number of nitrogens with one attached hydrogen (secondary N) is 1. The van der Waals surface area contributed by atoms with Crippen molar-refractivity contribution in [3.63, 3.8) is 0 Å². The van der Waals surface area contributed by atoms with Gasteiger partial charge >= 0.3 is 0 Å². The van der Waals surface area contributed by atoms with Crippen molar-refractivity contribution in [1.29, 1.82) is 0 Å². The summed E-state index contributed by atoms with van der Waals surface area (Å²) in [5.74, 6) is -0.264. The number of furan rings is 1. The number of nitrogens with zero attached hydrogens (tertiary/aromatic N) is 4. The Labute approximate surface area is 151 Å². The molecule has 9 heteroatoms. The normalized spacial score (nSPS) is 11.0. The molecule has 27 heavy (non-hydrogen) atoms. The van der Waals surface area contributed by atoms with Crippen molar-refractivity contribution >= 4 is 11.4 Å². The first kappa shape index (κ1) is 16.7. The van der Waals surface area contributed by atoms with Gasteiger partial charge in [0.15, 0.2) is 5.76 Å². The fourth-order valence-corrected chi connectivity index (χ4v) is 2.63. The molecular formula is C18H14FN5O3. The van der Waals surface area contributed by atoms with E-state index in [1.165, 1.54) is 29.2 Å². The maximum absolute atomic E-state index is 13.2. The molecule has 0 aliphatic rings. The van der Waals surface area contributed by atoms with Gasteiger partial charge in [-0.15, -0.1) is 0 Å². The Morgan fingerprint density at radius 1 is 1.22 bits per heavy atom. The molecule has 3 heterocycles. The molecule has 136 valence electrons. The standard InChI is InChI=1S/C18H14FN5O3/c19-13-4-1-3-12(7-13)9-20-17(25)10-23-18(26)15-8-14(16-5-2-6-27-16)22-24(15)11-21-23/h1-8,11H,9-10H2,(H,20,25). The number of rotatable bonds is 5. The van der Waals surface area contributed by atoms with E-state index < -0.39 is 11.5 Å². The molecule has 0 saturated heterocycles. The van der Waals surface area contributed by atoms with Crippen molar-refractivity contribution in [2.45, 2.75) is 13.1 Å². The zero-order chi connectivity index (χ0) is 18.8. The van der Waals surface area contributed by atoms with Gasteiger partial charge in [-0.3, -0.25) is 9.59 Å². The summed E-state index contributed by atoms with van der Waals surface area (Å²) in [5.41, 5.74) is 0.934. The van der Waals surface area contributed by atoms with E-state index in [1.807, 2.05) is 0 Å². The molecule has 0 atom stereocenters. The van der Waals surface area contributed by atoms with Crippen molar-refractivity contribution in [3.05, 3.63) is 76.8 Å². The van der Waals surface area contributed by atoms with Crippen LogP contribution in [0.4, 0.5) is 4.39 Å². The molecule has 1 aromatic carbocycles. The molecule has 4 rings (SSSR count). The Balaban J connectivity index is 1.51. The van der Waals surface area contributed by atoms with E-state index in [0.717, 1.165) is 4.68 Å². The van der Waals surface area contributed by atoms with Crippen LogP contribution in [-0.4, -0.2) is 25.3 Å². The van der Waals surface area contributed by atoms with E-state index in [9.17, 15) is 14.0 Å². The molecular weight excluding hydrogens is 353 g/mol. The van der Waals surface area contributed by atoms with Crippen molar-refractivity contribution in [2.24, 2.45) is 0 Å². The van der Waals surface area contributed by atoms with E-state index >= 15 is 0 Å². The van der Waals surface area contributed by atoms with Gasteiger partial charge in [-0.05, 0) is 29.8 Å². The lowest BCUT2D eigenvalue weighted by Crippen LogP contribution is -2.34. The Hall–Kier alpha value is -3.75. The molecule has 1 amide bonds. The Kier molecular flexibility index (Phi) is 4.25. The number of hydrogen-bond donors (Lipinski definition) is 1. The minimum atomic E-state index is -0.455. The first-order valence-corrected chi connectivity index (χ1v) is 8.11. The number of carbonyl (C=O) groups is 1. The van der Waals surface area contributed by atoms with Crippen LogP contribution >= 0.6 is 0 Å². The average Bonchev–Trinajstić information content (AvgIpc) is 3.32. The highest BCUT2D eigenvalue weighted by Crippen LogP contribution is 2.18. The van der Waals surface area contributed by atoms with Gasteiger partial charge in [0.2, 0.25) is 5.91 Å². The molecule has 4 aromatic rings. The maximum Gasteiger partial charge on any atom is 0.293 e. The van der Waals surface area contributed by atoms with Crippen molar-refractivity contribution in [1.82, 2.24) is 24.7 Å². The van der Waals surface area contributed by atoms with Gasteiger partial charge in [-0.25, -0.2) is 13.6 Å². The van der Waals surface area contributed by atoms with E-state index in [4.69, 9.17) is 4.42 Å². The van der Waals surface area contributed by atoms with Crippen LogP contribution in [0.2, 0.25) is 0 Å². The van der Waals surface area contributed by atoms with Crippen LogP contribution in [-0.2, 0) is 17.9 Å². The number of halogens is 1. The fraction of sp³-hybridized carbons (Fsp3) is 0.111. The van der Waals surface area contributed by atoms with Gasteiger partial charge in [-0.1, -0.05) is 12.1 Å². The second kappa shape index (κ2) is 6.87. The molecule has 0 unspecified atom stereocenters. The van der Waals surface area contributed by atoms with Crippen LogP contribution in [0.5, 0.6) is 0 Å². The van der Waals surface area contributed by atoms with Crippen LogP contribution in [0, 0.1) is 5.82 Å². The highest BCUT2D eigenvalue weighted by Gasteiger charge is 2.13. The smallest absolute Gasteiger partial charge is 0.293 e. The van der Waals surface area contributed by atoms with Crippen LogP contribution in [0.3, 0.4) is 0 Å². The largest absolute Gasteiger partial charge is 0.463 e. The minimum absolute atomic E-state index is 0.156. The lowest BCUT2D eigenvalue weighted by Gasteiger charge is -2.07. The predicted molar refractivity (Wildman–Crippen MR) is 93.2 cm³/mol. The van der Waals surface area contributed by atoms with Gasteiger partial charge in [0.25, 0.3) is 5.56 Å². The van der Waals surface area contributed by atoms with Gasteiger partial charge in [-0.2, -0.15) is 10.2 Å². The van der Waals surface area contributed by atoms with Crippen LogP contribution in [0.15, 0.2) is 64.3 Å². The highest BCUT2D eigenvalue weighted by molar-refractivity contribution is 5.75. The predicted octanol–water partition coefficient (Wildman–Crippen LogP) is 1.61. The SMILES string of the molecule is O=C(Cn1ncn2nc(-c3ccco3)cc2c1=O)NCc1cccc(F)c1. The summed E-state index contributed by atoms with van der Waals surface area (Å²) < 4.78 is 20.8. The van der Waals surface area contributed by atoms with E-state index in [0.29, 0.717) is 17.0 Å². The third-order valence-electron chi connectivity index (χ3n) is 3.94. The number of fused-ring (bicyclic) bond motifs is 1. The lowest BCUT2D eigenvalue weighted by molar-refractivity contribution is -0.122. The molecule has 0 saturated carbocycles. The van der Waals surface area contributed by atoms with Crippen molar-refractivity contribution < 1.29 is 13.6 Å². The summed E-state index contributed by atoms with van der Waals surface area (Å²) >= 11 is 0. The van der Waals surface area contributed by atoms with Crippen LogP contribution in [0.1, 0.15) is 5.56 Å². The monoisotopic (exact) mass is 367 g/mol. The summed E-state index contributed by atoms with van der Waals surface area (Å²) in [6.07, 6.45) is 2.86. The summed E-state index contributed by atoms with van der Waals surface area (Å²) in [4.78, 5) is 24.7. The van der Waals surface area contributed by atoms with Crippen LogP contribution < -0.4 is 10.9 Å². The number of amides is 1. The number of benzene rings is 1. The third kappa shape index (κ3) is 3.47. The number of carbonyl (C=O) groups excluding carboxylic acids is 1. The van der Waals surface area contributed by atoms with Gasteiger partial charge in [0.1, 0.15) is 29.9 Å². The summed E-state index contributed by atoms with van der Waals surface area (Å²) in [7, 11) is 0. The van der Waals surface area contributed by atoms with Crippen molar-refractivity contribution in [2.75, 3.05) is 0 Å². The van der Waals surface area contributed by atoms with Gasteiger partial charge in [0.05, 0.1) is 6.26 Å². The summed E-state index contributed by atoms with van der Waals surface area (Å²) in [6.45, 7) is -0.102. The number of hydrogen-bond acceptors (Lipinski definition) is 5. The summed E-state index contributed by atoms with van der Waals surface area (Å²) in [6, 6.07) is 10.9. The highest BCUT2D eigenvalue weighted by atomic mass is 19.1. The molecule has 0 spiro atoms. The average molecular weight is 367 g/mol. The maximum atomic E-state index is 13.2. The Bertz CT molecular complexity index is 1160. The fourth-order valence-electron chi connectivity index (χ4n) is 2.63. The van der Waals surface area contributed by atoms with Crippen molar-refractivity contribution in [3.8, 4) is 11.5 Å². The van der Waals surface area contributed by atoms with Crippen LogP contribution in [0.25, 0.3) is 17.0 Å². The minimum Gasteiger partial charge on any atom is -0.463 e. The Morgan fingerprint density at radius 3 is 2.89 bits per heavy atom. The second-order valence-electron chi connectivity index (χ2n) is 5.84. The molecule has 0 radical (unpaired) electrons. The number of aromatic nitrogens is 4. The first-order valence-electron chi connectivity index (χ1n) is 8.11. The topological polar surface area (TPSA) is 94.4 Å². The molecule has 8 nitrogen and oxygen atoms in total. The molecule has 0 fully saturated rings. The van der Waals surface area contributed by atoms with Gasteiger partial charge < -0.3 is 9.73 Å². The second-order valence-corrected chi connectivity index (χ2v) is 5.84. The first-order chi connectivity index (χ1) is 13.1. The molecule has 3 aromatic heterocycles. The van der Waals surface area contributed by atoms with E-state index in [-0.39, 0.29) is 24.4 Å². The molecule has 0 aliphatic carbocycles. The van der Waals surface area contributed by atoms with Gasteiger partial charge in [0, 0.05) is 12.6 Å². The van der Waals surface area contributed by atoms with E-state index in [2.05, 4.69) is 15.5 Å². The molecule has 1 N–H and O–H groups in total.